The lowest BCUT2D eigenvalue weighted by molar-refractivity contribution is 0.187. The summed E-state index contributed by atoms with van der Waals surface area (Å²) in [4.78, 5) is 9.48. The monoisotopic (exact) mass is 367 g/mol. The van der Waals surface area contributed by atoms with Crippen LogP contribution in [0.2, 0.25) is 0 Å². The van der Waals surface area contributed by atoms with Gasteiger partial charge in [0.2, 0.25) is 0 Å². The first-order chi connectivity index (χ1) is 12.0. The van der Waals surface area contributed by atoms with Crippen molar-refractivity contribution in [2.45, 2.75) is 38.3 Å². The minimum absolute atomic E-state index is 0.253. The first-order valence-electron chi connectivity index (χ1n) is 9.07. The minimum Gasteiger partial charge on any atom is -0.354 e. The second kappa shape index (κ2) is 7.99. The summed E-state index contributed by atoms with van der Waals surface area (Å²) >= 11 is 0. The van der Waals surface area contributed by atoms with Crippen molar-refractivity contribution in [3.05, 3.63) is 23.9 Å². The normalized spacial score (nSPS) is 20.5. The van der Waals surface area contributed by atoms with Gasteiger partial charge in [0.1, 0.15) is 5.82 Å². The Hall–Kier alpha value is -1.22. The van der Waals surface area contributed by atoms with Crippen molar-refractivity contribution >= 4 is 16.0 Å². The lowest BCUT2D eigenvalue weighted by atomic mass is 10.2. The standard InChI is InChI=1S/C17H29N5O2S/c1-20(2)25(23,24)19-14-15-7-8-17(18-13-15)22-11-9-21(10-12-22)16-5-3-4-6-16/h7-8,13,16,19H,3-6,9-12,14H2,1-2H3. The van der Waals surface area contributed by atoms with E-state index in [1.165, 1.54) is 44.1 Å². The van der Waals surface area contributed by atoms with E-state index in [9.17, 15) is 8.42 Å². The highest BCUT2D eigenvalue weighted by Crippen LogP contribution is 2.25. The molecule has 7 nitrogen and oxygen atoms in total. The summed E-state index contributed by atoms with van der Waals surface area (Å²) in [6.45, 7) is 4.49. The van der Waals surface area contributed by atoms with Crippen LogP contribution in [0.5, 0.6) is 0 Å². The van der Waals surface area contributed by atoms with Crippen LogP contribution in [0.1, 0.15) is 31.2 Å². The highest BCUT2D eigenvalue weighted by molar-refractivity contribution is 7.87. The number of nitrogens with zero attached hydrogens (tertiary/aromatic N) is 4. The summed E-state index contributed by atoms with van der Waals surface area (Å²) in [6, 6.07) is 4.73. The van der Waals surface area contributed by atoms with Crippen LogP contribution in [-0.2, 0) is 16.8 Å². The molecule has 25 heavy (non-hydrogen) atoms. The van der Waals surface area contributed by atoms with E-state index in [2.05, 4.69) is 19.5 Å². The number of piperazine rings is 1. The maximum Gasteiger partial charge on any atom is 0.279 e. The molecule has 1 N–H and O–H groups in total. The quantitative estimate of drug-likeness (QED) is 0.814. The van der Waals surface area contributed by atoms with Gasteiger partial charge in [0.05, 0.1) is 0 Å². The predicted octanol–water partition coefficient (Wildman–Crippen LogP) is 1.04. The Kier molecular flexibility index (Phi) is 5.93. The van der Waals surface area contributed by atoms with Gasteiger partial charge in [0, 0.05) is 59.1 Å². The largest absolute Gasteiger partial charge is 0.354 e. The van der Waals surface area contributed by atoms with Gasteiger partial charge in [-0.2, -0.15) is 17.4 Å². The van der Waals surface area contributed by atoms with E-state index >= 15 is 0 Å². The van der Waals surface area contributed by atoms with Crippen LogP contribution in [0.3, 0.4) is 0 Å². The Balaban J connectivity index is 1.51. The third kappa shape index (κ3) is 4.69. The molecule has 2 heterocycles. The average molecular weight is 368 g/mol. The summed E-state index contributed by atoms with van der Waals surface area (Å²) in [5.41, 5.74) is 0.860. The molecule has 0 amide bonds. The highest BCUT2D eigenvalue weighted by Gasteiger charge is 2.26. The fourth-order valence-electron chi connectivity index (χ4n) is 3.60. The predicted molar refractivity (Wildman–Crippen MR) is 99.7 cm³/mol. The van der Waals surface area contributed by atoms with Crippen molar-refractivity contribution < 1.29 is 8.42 Å². The summed E-state index contributed by atoms with van der Waals surface area (Å²) in [6.07, 6.45) is 7.24. The van der Waals surface area contributed by atoms with E-state index in [0.717, 1.165) is 43.6 Å². The molecule has 2 aliphatic rings. The third-order valence-electron chi connectivity index (χ3n) is 5.23. The molecule has 0 aromatic carbocycles. The van der Waals surface area contributed by atoms with Crippen LogP contribution < -0.4 is 9.62 Å². The molecule has 1 saturated carbocycles. The van der Waals surface area contributed by atoms with Gasteiger partial charge in [-0.3, -0.25) is 4.90 Å². The van der Waals surface area contributed by atoms with E-state index in [0.29, 0.717) is 0 Å². The van der Waals surface area contributed by atoms with Crippen molar-refractivity contribution in [1.82, 2.24) is 18.9 Å². The molecule has 8 heteroatoms. The Labute approximate surface area is 151 Å². The molecular formula is C17H29N5O2S. The Morgan fingerprint density at radius 2 is 1.84 bits per heavy atom. The van der Waals surface area contributed by atoms with E-state index in [1.54, 1.807) is 6.20 Å². The first-order valence-corrected chi connectivity index (χ1v) is 10.5. The van der Waals surface area contributed by atoms with Gasteiger partial charge in [-0.05, 0) is 24.5 Å². The van der Waals surface area contributed by atoms with Gasteiger partial charge in [-0.25, -0.2) is 4.98 Å². The SMILES string of the molecule is CN(C)S(=O)(=O)NCc1ccc(N2CCN(C3CCCC3)CC2)nc1. The Morgan fingerprint density at radius 3 is 2.40 bits per heavy atom. The summed E-state index contributed by atoms with van der Waals surface area (Å²) in [5, 5.41) is 0. The van der Waals surface area contributed by atoms with Crippen molar-refractivity contribution in [2.24, 2.45) is 0 Å². The molecule has 1 saturated heterocycles. The maximum atomic E-state index is 11.7. The minimum atomic E-state index is -3.40. The maximum absolute atomic E-state index is 11.7. The molecule has 1 aromatic rings. The second-order valence-corrected chi connectivity index (χ2v) is 9.06. The number of hydrogen-bond acceptors (Lipinski definition) is 5. The van der Waals surface area contributed by atoms with Crippen molar-refractivity contribution in [3.63, 3.8) is 0 Å². The molecule has 1 aliphatic heterocycles. The van der Waals surface area contributed by atoms with E-state index in [1.807, 2.05) is 12.1 Å². The number of anilines is 1. The summed E-state index contributed by atoms with van der Waals surface area (Å²) < 4.78 is 27.2. The number of rotatable bonds is 6. The molecule has 0 spiro atoms. The summed E-state index contributed by atoms with van der Waals surface area (Å²) in [5.74, 6) is 0.977. The van der Waals surface area contributed by atoms with Gasteiger partial charge in [0.25, 0.3) is 10.2 Å². The van der Waals surface area contributed by atoms with Crippen LogP contribution in [0.4, 0.5) is 5.82 Å². The Bertz CT molecular complexity index is 648. The number of hydrogen-bond donors (Lipinski definition) is 1. The fraction of sp³-hybridized carbons (Fsp3) is 0.706. The number of aromatic nitrogens is 1. The number of pyridine rings is 1. The molecule has 1 aliphatic carbocycles. The molecule has 3 rings (SSSR count). The molecule has 0 radical (unpaired) electrons. The van der Waals surface area contributed by atoms with Crippen LogP contribution in [-0.4, -0.2) is 68.9 Å². The van der Waals surface area contributed by atoms with Crippen molar-refractivity contribution in [2.75, 3.05) is 45.2 Å². The lowest BCUT2D eigenvalue weighted by Crippen LogP contribution is -2.50. The van der Waals surface area contributed by atoms with Gasteiger partial charge < -0.3 is 4.90 Å². The van der Waals surface area contributed by atoms with Gasteiger partial charge >= 0.3 is 0 Å². The van der Waals surface area contributed by atoms with Crippen molar-refractivity contribution in [3.8, 4) is 0 Å². The average Bonchev–Trinajstić information content (AvgIpc) is 3.15. The topological polar surface area (TPSA) is 68.8 Å². The van der Waals surface area contributed by atoms with E-state index in [-0.39, 0.29) is 6.54 Å². The summed E-state index contributed by atoms with van der Waals surface area (Å²) in [7, 11) is -0.384. The van der Waals surface area contributed by atoms with E-state index < -0.39 is 10.2 Å². The van der Waals surface area contributed by atoms with Crippen LogP contribution in [0.15, 0.2) is 18.3 Å². The first kappa shape index (κ1) is 18.6. The molecule has 140 valence electrons. The zero-order valence-electron chi connectivity index (χ0n) is 15.2. The molecule has 2 fully saturated rings. The van der Waals surface area contributed by atoms with Gasteiger partial charge in [-0.1, -0.05) is 18.9 Å². The van der Waals surface area contributed by atoms with Crippen LogP contribution >= 0.6 is 0 Å². The molecule has 0 unspecified atom stereocenters. The van der Waals surface area contributed by atoms with Gasteiger partial charge in [-0.15, -0.1) is 0 Å². The van der Waals surface area contributed by atoms with Gasteiger partial charge in [0.15, 0.2) is 0 Å². The molecule has 0 atom stereocenters. The Morgan fingerprint density at radius 1 is 1.16 bits per heavy atom. The fourth-order valence-corrected chi connectivity index (χ4v) is 4.20. The zero-order valence-corrected chi connectivity index (χ0v) is 16.0. The van der Waals surface area contributed by atoms with Crippen LogP contribution in [0.25, 0.3) is 0 Å². The zero-order chi connectivity index (χ0) is 17.9. The smallest absolute Gasteiger partial charge is 0.279 e. The van der Waals surface area contributed by atoms with Crippen molar-refractivity contribution in [1.29, 1.82) is 0 Å². The van der Waals surface area contributed by atoms with E-state index in [4.69, 9.17) is 0 Å². The molecule has 1 aromatic heterocycles. The lowest BCUT2D eigenvalue weighted by Gasteiger charge is -2.38. The second-order valence-electron chi connectivity index (χ2n) is 7.09. The molecule has 0 bridgehead atoms. The van der Waals surface area contributed by atoms with Crippen LogP contribution in [0, 0.1) is 0 Å². The highest BCUT2D eigenvalue weighted by atomic mass is 32.2. The number of nitrogens with one attached hydrogen (secondary N) is 1. The third-order valence-corrected chi connectivity index (χ3v) is 6.70. The molecular weight excluding hydrogens is 338 g/mol.